The number of ketones is 1. The third-order valence-electron chi connectivity index (χ3n) is 6.76. The SMILES string of the molecule is CCCCN1C(=O)C2(/C(=C(\O)c3ccc(C)c(F)c3)C(=O)C(=O)N2CCN(C)C)c2ccccc21. The minimum atomic E-state index is -1.82. The zero-order valence-electron chi connectivity index (χ0n) is 20.5. The summed E-state index contributed by atoms with van der Waals surface area (Å²) in [6.45, 7) is 4.50. The first kappa shape index (κ1) is 24.6. The molecule has 0 radical (unpaired) electrons. The zero-order valence-corrected chi connectivity index (χ0v) is 20.5. The van der Waals surface area contributed by atoms with Crippen LogP contribution in [-0.4, -0.2) is 66.2 Å². The van der Waals surface area contributed by atoms with Crippen molar-refractivity contribution in [3.05, 3.63) is 70.5 Å². The van der Waals surface area contributed by atoms with Crippen LogP contribution < -0.4 is 4.90 Å². The third-order valence-corrected chi connectivity index (χ3v) is 6.76. The van der Waals surface area contributed by atoms with Gasteiger partial charge in [-0.25, -0.2) is 4.39 Å². The fourth-order valence-electron chi connectivity index (χ4n) is 4.89. The smallest absolute Gasteiger partial charge is 0.296 e. The fraction of sp³-hybridized carbons (Fsp3) is 0.370. The first-order valence-corrected chi connectivity index (χ1v) is 11.8. The van der Waals surface area contributed by atoms with E-state index in [0.717, 1.165) is 18.9 Å². The topological polar surface area (TPSA) is 81.2 Å². The van der Waals surface area contributed by atoms with Gasteiger partial charge in [-0.15, -0.1) is 0 Å². The molecule has 1 N–H and O–H groups in total. The van der Waals surface area contributed by atoms with Gasteiger partial charge in [0.05, 0.1) is 11.3 Å². The van der Waals surface area contributed by atoms with E-state index in [9.17, 15) is 23.9 Å². The van der Waals surface area contributed by atoms with Gasteiger partial charge in [0.15, 0.2) is 5.54 Å². The van der Waals surface area contributed by atoms with Crippen molar-refractivity contribution in [2.45, 2.75) is 32.2 Å². The number of anilines is 1. The zero-order chi connectivity index (χ0) is 25.5. The van der Waals surface area contributed by atoms with Crippen molar-refractivity contribution < 1.29 is 23.9 Å². The molecule has 1 unspecified atom stereocenters. The van der Waals surface area contributed by atoms with Gasteiger partial charge < -0.3 is 19.8 Å². The fourth-order valence-corrected chi connectivity index (χ4v) is 4.89. The number of Topliss-reactive ketones (excluding diaryl/α,β-unsaturated/α-hetero) is 1. The molecular formula is C27H30FN3O4. The molecule has 1 spiro atoms. The van der Waals surface area contributed by atoms with Crippen molar-refractivity contribution in [2.75, 3.05) is 38.6 Å². The first-order chi connectivity index (χ1) is 16.7. The molecule has 2 aliphatic rings. The summed E-state index contributed by atoms with van der Waals surface area (Å²) in [6.07, 6.45) is 1.57. The average molecular weight is 480 g/mol. The molecule has 1 atom stereocenters. The molecule has 2 aromatic rings. The first-order valence-electron chi connectivity index (χ1n) is 11.8. The van der Waals surface area contributed by atoms with E-state index >= 15 is 0 Å². The quantitative estimate of drug-likeness (QED) is 0.374. The van der Waals surface area contributed by atoms with Crippen LogP contribution in [0.4, 0.5) is 10.1 Å². The van der Waals surface area contributed by atoms with Crippen LogP contribution in [0.2, 0.25) is 0 Å². The molecule has 1 saturated heterocycles. The molecule has 2 heterocycles. The Morgan fingerprint density at radius 2 is 1.80 bits per heavy atom. The molecule has 0 aromatic heterocycles. The molecular weight excluding hydrogens is 449 g/mol. The average Bonchev–Trinajstić information content (AvgIpc) is 3.20. The number of hydrogen-bond donors (Lipinski definition) is 1. The van der Waals surface area contributed by atoms with Gasteiger partial charge in [0.1, 0.15) is 11.6 Å². The van der Waals surface area contributed by atoms with E-state index in [-0.39, 0.29) is 17.7 Å². The van der Waals surface area contributed by atoms with Crippen LogP contribution in [0.15, 0.2) is 48.0 Å². The van der Waals surface area contributed by atoms with Gasteiger partial charge in [-0.05, 0) is 45.1 Å². The van der Waals surface area contributed by atoms with Crippen molar-refractivity contribution in [3.63, 3.8) is 0 Å². The minimum Gasteiger partial charge on any atom is -0.507 e. The Hall–Kier alpha value is -3.52. The molecule has 1 fully saturated rings. The predicted octanol–water partition coefficient (Wildman–Crippen LogP) is 3.42. The minimum absolute atomic E-state index is 0.0374. The van der Waals surface area contributed by atoms with Crippen LogP contribution in [0.5, 0.6) is 0 Å². The van der Waals surface area contributed by atoms with E-state index in [1.165, 1.54) is 17.0 Å². The molecule has 0 bridgehead atoms. The maximum absolute atomic E-state index is 14.4. The number of amides is 2. The molecule has 35 heavy (non-hydrogen) atoms. The standard InChI is InChI=1S/C27H30FN3O4/c1-5-6-13-30-21-10-8-7-9-19(21)27(26(30)35)22(23(32)18-12-11-17(2)20(28)16-18)24(33)25(34)31(27)15-14-29(3)4/h7-12,16,32H,5-6,13-15H2,1-4H3/b23-22-. The molecule has 4 rings (SSSR count). The van der Waals surface area contributed by atoms with E-state index in [2.05, 4.69) is 0 Å². The monoisotopic (exact) mass is 479 g/mol. The number of fused-ring (bicyclic) bond motifs is 2. The summed E-state index contributed by atoms with van der Waals surface area (Å²) in [5, 5.41) is 11.4. The number of aliphatic hydroxyl groups is 1. The predicted molar refractivity (Wildman–Crippen MR) is 131 cm³/mol. The Morgan fingerprint density at radius 3 is 2.46 bits per heavy atom. The summed E-state index contributed by atoms with van der Waals surface area (Å²) < 4.78 is 14.4. The number of para-hydroxylation sites is 1. The Labute approximate surface area is 204 Å². The Bertz CT molecular complexity index is 1240. The van der Waals surface area contributed by atoms with Crippen LogP contribution in [0.25, 0.3) is 5.76 Å². The molecule has 2 aromatic carbocycles. The van der Waals surface area contributed by atoms with Crippen LogP contribution in [0.3, 0.4) is 0 Å². The largest absolute Gasteiger partial charge is 0.507 e. The number of hydrogen-bond acceptors (Lipinski definition) is 5. The van der Waals surface area contributed by atoms with E-state index in [4.69, 9.17) is 0 Å². The summed E-state index contributed by atoms with van der Waals surface area (Å²) in [6, 6.07) is 11.1. The maximum atomic E-state index is 14.4. The molecule has 2 aliphatic heterocycles. The number of aryl methyl sites for hydroxylation is 1. The van der Waals surface area contributed by atoms with Gasteiger partial charge in [-0.2, -0.15) is 0 Å². The number of halogens is 1. The highest BCUT2D eigenvalue weighted by Crippen LogP contribution is 2.53. The van der Waals surface area contributed by atoms with E-state index in [0.29, 0.717) is 29.9 Å². The molecule has 0 saturated carbocycles. The second-order valence-corrected chi connectivity index (χ2v) is 9.31. The normalized spacial score (nSPS) is 21.0. The third kappa shape index (κ3) is 3.72. The Kier molecular flexibility index (Phi) is 6.51. The van der Waals surface area contributed by atoms with Gasteiger partial charge in [-0.1, -0.05) is 43.7 Å². The van der Waals surface area contributed by atoms with E-state index in [1.807, 2.05) is 25.9 Å². The number of unbranched alkanes of at least 4 members (excludes halogenated alkanes) is 1. The Morgan fingerprint density at radius 1 is 1.09 bits per heavy atom. The summed E-state index contributed by atoms with van der Waals surface area (Å²) in [5.41, 5.74) is -0.663. The molecule has 184 valence electrons. The van der Waals surface area contributed by atoms with Crippen LogP contribution in [0.1, 0.15) is 36.5 Å². The number of carbonyl (C=O) groups excluding carboxylic acids is 3. The highest BCUT2D eigenvalue weighted by atomic mass is 19.1. The van der Waals surface area contributed by atoms with Crippen molar-refractivity contribution >= 4 is 29.0 Å². The van der Waals surface area contributed by atoms with Gasteiger partial charge in [0, 0.05) is 30.8 Å². The highest BCUT2D eigenvalue weighted by molar-refractivity contribution is 6.50. The maximum Gasteiger partial charge on any atom is 0.296 e. The second-order valence-electron chi connectivity index (χ2n) is 9.31. The van der Waals surface area contributed by atoms with Gasteiger partial charge in [-0.3, -0.25) is 14.4 Å². The van der Waals surface area contributed by atoms with Gasteiger partial charge in [0.2, 0.25) is 0 Å². The number of likely N-dealkylation sites (N-methyl/N-ethyl adjacent to an activating group) is 1. The number of rotatable bonds is 7. The lowest BCUT2D eigenvalue weighted by atomic mass is 9.82. The van der Waals surface area contributed by atoms with Crippen LogP contribution >= 0.6 is 0 Å². The second kappa shape index (κ2) is 9.26. The van der Waals surface area contributed by atoms with E-state index < -0.39 is 34.7 Å². The van der Waals surface area contributed by atoms with Crippen molar-refractivity contribution in [1.29, 1.82) is 0 Å². The lowest BCUT2D eigenvalue weighted by Gasteiger charge is -2.35. The summed E-state index contributed by atoms with van der Waals surface area (Å²) >= 11 is 0. The van der Waals surface area contributed by atoms with Crippen LogP contribution in [-0.2, 0) is 19.9 Å². The number of benzene rings is 2. The lowest BCUT2D eigenvalue weighted by Crippen LogP contribution is -2.53. The lowest BCUT2D eigenvalue weighted by molar-refractivity contribution is -0.143. The summed E-state index contributed by atoms with van der Waals surface area (Å²) in [4.78, 5) is 45.8. The van der Waals surface area contributed by atoms with E-state index in [1.54, 1.807) is 36.1 Å². The molecule has 0 aliphatic carbocycles. The number of carbonyl (C=O) groups is 3. The molecule has 8 heteroatoms. The summed E-state index contributed by atoms with van der Waals surface area (Å²) in [7, 11) is 3.66. The highest BCUT2D eigenvalue weighted by Gasteiger charge is 2.66. The Balaban J connectivity index is 2.03. The molecule has 7 nitrogen and oxygen atoms in total. The van der Waals surface area contributed by atoms with Gasteiger partial charge >= 0.3 is 0 Å². The number of nitrogens with zero attached hydrogens (tertiary/aromatic N) is 3. The molecule has 2 amide bonds. The van der Waals surface area contributed by atoms with Crippen LogP contribution in [0, 0.1) is 12.7 Å². The van der Waals surface area contributed by atoms with Crippen molar-refractivity contribution in [3.8, 4) is 0 Å². The summed E-state index contributed by atoms with van der Waals surface area (Å²) in [5.74, 6) is -3.40. The van der Waals surface area contributed by atoms with Gasteiger partial charge in [0.25, 0.3) is 17.6 Å². The number of likely N-dealkylation sites (tertiary alicyclic amines) is 1. The van der Waals surface area contributed by atoms with Crippen molar-refractivity contribution in [1.82, 2.24) is 9.80 Å². The van der Waals surface area contributed by atoms with Crippen molar-refractivity contribution in [2.24, 2.45) is 0 Å². The number of aliphatic hydroxyl groups excluding tert-OH is 1.